The van der Waals surface area contributed by atoms with Gasteiger partial charge >= 0.3 is 0 Å². The molecule has 0 radical (unpaired) electrons. The lowest BCUT2D eigenvalue weighted by Crippen LogP contribution is -2.08. The van der Waals surface area contributed by atoms with Gasteiger partial charge < -0.3 is 0 Å². The van der Waals surface area contributed by atoms with E-state index in [9.17, 15) is 0 Å². The summed E-state index contributed by atoms with van der Waals surface area (Å²) in [6.45, 7) is 8.01. The minimum Gasteiger partial charge on any atom is -0.300 e. The van der Waals surface area contributed by atoms with E-state index in [0.29, 0.717) is 5.71 Å². The Balaban J connectivity index is 2.50. The third-order valence-corrected chi connectivity index (χ3v) is 3.39. The van der Waals surface area contributed by atoms with Gasteiger partial charge in [-0.15, -0.1) is 0 Å². The van der Waals surface area contributed by atoms with Gasteiger partial charge in [0, 0.05) is 11.1 Å². The Morgan fingerprint density at radius 2 is 2.05 bits per heavy atom. The van der Waals surface area contributed by atoms with Crippen LogP contribution in [0.1, 0.15) is 30.9 Å². The SMILES string of the molecule is C=C/C=C1/C=C(CCC)C=C(c2cccc(C)c2)C1=N. The van der Waals surface area contributed by atoms with Crippen LogP contribution in [0.4, 0.5) is 0 Å². The van der Waals surface area contributed by atoms with Crippen LogP contribution in [0.2, 0.25) is 0 Å². The van der Waals surface area contributed by atoms with E-state index < -0.39 is 0 Å². The Kier molecular flexibility index (Phi) is 4.52. The molecule has 102 valence electrons. The van der Waals surface area contributed by atoms with Crippen molar-refractivity contribution < 1.29 is 0 Å². The molecule has 20 heavy (non-hydrogen) atoms. The fourth-order valence-electron chi connectivity index (χ4n) is 2.46. The fourth-order valence-corrected chi connectivity index (χ4v) is 2.46. The summed E-state index contributed by atoms with van der Waals surface area (Å²) in [4.78, 5) is 0. The van der Waals surface area contributed by atoms with Crippen LogP contribution in [0, 0.1) is 12.3 Å². The fraction of sp³-hybridized carbons (Fsp3) is 0.211. The molecule has 0 aromatic heterocycles. The van der Waals surface area contributed by atoms with Gasteiger partial charge in [-0.3, -0.25) is 5.41 Å². The highest BCUT2D eigenvalue weighted by Crippen LogP contribution is 2.29. The minimum atomic E-state index is 0.579. The number of allylic oxidation sites excluding steroid dienone is 7. The van der Waals surface area contributed by atoms with Crippen molar-refractivity contribution in [3.63, 3.8) is 0 Å². The van der Waals surface area contributed by atoms with Crippen molar-refractivity contribution in [1.82, 2.24) is 0 Å². The van der Waals surface area contributed by atoms with Gasteiger partial charge in [0.05, 0.1) is 5.71 Å². The summed E-state index contributed by atoms with van der Waals surface area (Å²) in [7, 11) is 0. The van der Waals surface area contributed by atoms with Gasteiger partial charge in [-0.2, -0.15) is 0 Å². The van der Waals surface area contributed by atoms with Crippen LogP contribution in [-0.4, -0.2) is 5.71 Å². The first kappa shape index (κ1) is 14.3. The molecule has 1 heteroatoms. The maximum atomic E-state index is 8.41. The molecule has 0 aliphatic heterocycles. The summed E-state index contributed by atoms with van der Waals surface area (Å²) in [5.74, 6) is 0. The predicted molar refractivity (Wildman–Crippen MR) is 88.2 cm³/mol. The molecule has 0 bridgehead atoms. The van der Waals surface area contributed by atoms with E-state index in [0.717, 1.165) is 29.6 Å². The second-order valence-corrected chi connectivity index (χ2v) is 5.13. The summed E-state index contributed by atoms with van der Waals surface area (Å²) in [5, 5.41) is 8.41. The summed E-state index contributed by atoms with van der Waals surface area (Å²) >= 11 is 0. The summed E-state index contributed by atoms with van der Waals surface area (Å²) in [6, 6.07) is 8.35. The molecule has 0 heterocycles. The zero-order chi connectivity index (χ0) is 14.5. The van der Waals surface area contributed by atoms with Crippen LogP contribution in [0.15, 0.2) is 66.3 Å². The molecule has 1 aliphatic rings. The molecule has 0 saturated heterocycles. The van der Waals surface area contributed by atoms with E-state index in [4.69, 9.17) is 5.41 Å². The Labute approximate surface area is 121 Å². The number of hydrogen-bond acceptors (Lipinski definition) is 1. The molecule has 0 amide bonds. The highest BCUT2D eigenvalue weighted by Gasteiger charge is 2.16. The van der Waals surface area contributed by atoms with E-state index in [2.05, 4.69) is 50.8 Å². The lowest BCUT2D eigenvalue weighted by atomic mass is 9.87. The highest BCUT2D eigenvalue weighted by molar-refractivity contribution is 6.32. The van der Waals surface area contributed by atoms with Crippen LogP contribution >= 0.6 is 0 Å². The molecule has 1 nitrogen and oxygen atoms in total. The molecule has 1 aromatic rings. The van der Waals surface area contributed by atoms with Gasteiger partial charge in [0.15, 0.2) is 0 Å². The van der Waals surface area contributed by atoms with Gasteiger partial charge in [0.1, 0.15) is 0 Å². The normalized spacial score (nSPS) is 16.9. The number of benzene rings is 1. The number of hydrogen-bond donors (Lipinski definition) is 1. The Morgan fingerprint density at radius 3 is 2.70 bits per heavy atom. The minimum absolute atomic E-state index is 0.579. The molecule has 1 aliphatic carbocycles. The number of nitrogens with one attached hydrogen (secondary N) is 1. The van der Waals surface area contributed by atoms with Crippen molar-refractivity contribution in [3.05, 3.63) is 77.4 Å². The van der Waals surface area contributed by atoms with Gasteiger partial charge in [0.2, 0.25) is 0 Å². The largest absolute Gasteiger partial charge is 0.300 e. The van der Waals surface area contributed by atoms with Crippen LogP contribution in [0.25, 0.3) is 5.57 Å². The second kappa shape index (κ2) is 6.33. The van der Waals surface area contributed by atoms with E-state index in [1.165, 1.54) is 11.1 Å². The molecule has 2 rings (SSSR count). The molecular formula is C19H21N. The van der Waals surface area contributed by atoms with Gasteiger partial charge in [-0.1, -0.05) is 61.9 Å². The van der Waals surface area contributed by atoms with Crippen LogP contribution in [0.3, 0.4) is 0 Å². The van der Waals surface area contributed by atoms with Crippen LogP contribution in [-0.2, 0) is 0 Å². The zero-order valence-electron chi connectivity index (χ0n) is 12.2. The van der Waals surface area contributed by atoms with E-state index in [1.807, 2.05) is 12.1 Å². The number of aryl methyl sites for hydroxylation is 1. The quantitative estimate of drug-likeness (QED) is 0.767. The third kappa shape index (κ3) is 3.05. The van der Waals surface area contributed by atoms with Gasteiger partial charge in [-0.05, 0) is 36.6 Å². The Bertz CT molecular complexity index is 627. The Hall–Kier alpha value is -2.15. The van der Waals surface area contributed by atoms with E-state index >= 15 is 0 Å². The predicted octanol–water partition coefficient (Wildman–Crippen LogP) is 5.25. The molecule has 1 aromatic carbocycles. The molecule has 0 spiro atoms. The molecule has 0 atom stereocenters. The maximum absolute atomic E-state index is 8.41. The van der Waals surface area contributed by atoms with Crippen LogP contribution < -0.4 is 0 Å². The lowest BCUT2D eigenvalue weighted by Gasteiger charge is -2.18. The maximum Gasteiger partial charge on any atom is 0.0690 e. The van der Waals surface area contributed by atoms with Crippen molar-refractivity contribution in [1.29, 1.82) is 5.41 Å². The smallest absolute Gasteiger partial charge is 0.0690 e. The van der Waals surface area contributed by atoms with E-state index in [1.54, 1.807) is 6.08 Å². The monoisotopic (exact) mass is 263 g/mol. The standard InChI is InChI=1S/C19H21N/c1-4-7-15-12-17(8-5-2)19(20)18(13-15)16-10-6-9-14(3)11-16/h5-6,8-13,20H,2,4,7H2,1,3H3/b17-8-,20-19?. The summed E-state index contributed by atoms with van der Waals surface area (Å²) in [5.41, 5.74) is 6.15. The van der Waals surface area contributed by atoms with Crippen molar-refractivity contribution in [2.45, 2.75) is 26.7 Å². The summed E-state index contributed by atoms with van der Waals surface area (Å²) < 4.78 is 0. The van der Waals surface area contributed by atoms with Crippen molar-refractivity contribution in [2.24, 2.45) is 0 Å². The van der Waals surface area contributed by atoms with Gasteiger partial charge in [-0.25, -0.2) is 0 Å². The first-order valence-corrected chi connectivity index (χ1v) is 7.07. The highest BCUT2D eigenvalue weighted by atomic mass is 14.4. The van der Waals surface area contributed by atoms with Gasteiger partial charge in [0.25, 0.3) is 0 Å². The van der Waals surface area contributed by atoms with Crippen molar-refractivity contribution >= 4 is 11.3 Å². The topological polar surface area (TPSA) is 23.9 Å². The molecule has 0 fully saturated rings. The molecular weight excluding hydrogens is 242 g/mol. The molecule has 0 saturated carbocycles. The van der Waals surface area contributed by atoms with Crippen LogP contribution in [0.5, 0.6) is 0 Å². The molecule has 1 N–H and O–H groups in total. The first-order chi connectivity index (χ1) is 9.65. The van der Waals surface area contributed by atoms with Crippen molar-refractivity contribution in [2.75, 3.05) is 0 Å². The first-order valence-electron chi connectivity index (χ1n) is 7.07. The third-order valence-electron chi connectivity index (χ3n) is 3.39. The summed E-state index contributed by atoms with van der Waals surface area (Å²) in [6.07, 6.45) is 10.1. The second-order valence-electron chi connectivity index (χ2n) is 5.13. The average Bonchev–Trinajstić information content (AvgIpc) is 2.43. The zero-order valence-corrected chi connectivity index (χ0v) is 12.2. The number of rotatable bonds is 4. The van der Waals surface area contributed by atoms with E-state index in [-0.39, 0.29) is 0 Å². The average molecular weight is 263 g/mol. The lowest BCUT2D eigenvalue weighted by molar-refractivity contribution is 0.925. The molecule has 0 unspecified atom stereocenters. The van der Waals surface area contributed by atoms with Crippen molar-refractivity contribution in [3.8, 4) is 0 Å². The Morgan fingerprint density at radius 1 is 1.25 bits per heavy atom.